The highest BCUT2D eigenvalue weighted by Gasteiger charge is 2.39. The van der Waals surface area contributed by atoms with Crippen LogP contribution in [0, 0.1) is 0 Å². The molecule has 0 saturated carbocycles. The third-order valence-electron chi connectivity index (χ3n) is 3.26. The van der Waals surface area contributed by atoms with Crippen LogP contribution in [0.2, 0.25) is 0 Å². The van der Waals surface area contributed by atoms with Crippen molar-refractivity contribution < 1.29 is 0 Å². The molecule has 3 rings (SSSR count). The van der Waals surface area contributed by atoms with Gasteiger partial charge >= 0.3 is 0 Å². The average molecular weight is 193 g/mol. The topological polar surface area (TPSA) is 59.1 Å². The van der Waals surface area contributed by atoms with Gasteiger partial charge in [0.1, 0.15) is 5.82 Å². The largest absolute Gasteiger partial charge is 0.394 e. The third kappa shape index (κ3) is 0.957. The first-order chi connectivity index (χ1) is 6.75. The van der Waals surface area contributed by atoms with Gasteiger partial charge < -0.3 is 16.0 Å². The monoisotopic (exact) mass is 193 g/mol. The fourth-order valence-electron chi connectivity index (χ4n) is 2.62. The Morgan fingerprint density at radius 1 is 1.64 bits per heavy atom. The van der Waals surface area contributed by atoms with Crippen molar-refractivity contribution in [2.45, 2.75) is 18.5 Å². The minimum Gasteiger partial charge on any atom is -0.394 e. The summed E-state index contributed by atoms with van der Waals surface area (Å²) in [6.45, 7) is 2.14. The maximum Gasteiger partial charge on any atom is 0.150 e. The molecule has 5 nitrogen and oxygen atoms in total. The number of nitrogens with one attached hydrogen (secondary N) is 1. The molecular formula is C9H15N5. The van der Waals surface area contributed by atoms with Crippen molar-refractivity contribution in [3.05, 3.63) is 6.20 Å². The number of anilines is 2. The number of aryl methyl sites for hydroxylation is 1. The number of hydrogen-bond acceptors (Lipinski definition) is 4. The van der Waals surface area contributed by atoms with Crippen molar-refractivity contribution in [1.82, 2.24) is 15.1 Å². The fourth-order valence-corrected chi connectivity index (χ4v) is 2.62. The van der Waals surface area contributed by atoms with Gasteiger partial charge in [0.15, 0.2) is 0 Å². The van der Waals surface area contributed by atoms with E-state index in [9.17, 15) is 0 Å². The SMILES string of the molecule is Cn1ncc(N)c1N1C[C@@H]2C[C@H]1CN2. The summed E-state index contributed by atoms with van der Waals surface area (Å²) in [5, 5.41) is 7.65. The van der Waals surface area contributed by atoms with Gasteiger partial charge in [0.2, 0.25) is 0 Å². The highest BCUT2D eigenvalue weighted by Crippen LogP contribution is 2.32. The van der Waals surface area contributed by atoms with Crippen molar-refractivity contribution in [2.24, 2.45) is 7.05 Å². The summed E-state index contributed by atoms with van der Waals surface area (Å²) in [4.78, 5) is 2.38. The number of nitrogens with zero attached hydrogens (tertiary/aromatic N) is 3. The van der Waals surface area contributed by atoms with Gasteiger partial charge in [0.05, 0.1) is 11.9 Å². The highest BCUT2D eigenvalue weighted by molar-refractivity contribution is 5.64. The van der Waals surface area contributed by atoms with Crippen molar-refractivity contribution in [1.29, 1.82) is 0 Å². The standard InChI is InChI=1S/C9H15N5/c1-13-9(8(10)4-12-13)14-5-6-2-7(14)3-11-6/h4,6-7,11H,2-3,5,10H2,1H3/t6-,7-/m0/s1. The molecule has 14 heavy (non-hydrogen) atoms. The summed E-state index contributed by atoms with van der Waals surface area (Å²) in [5.41, 5.74) is 6.70. The summed E-state index contributed by atoms with van der Waals surface area (Å²) in [6, 6.07) is 1.26. The van der Waals surface area contributed by atoms with Crippen LogP contribution in [-0.4, -0.2) is 35.0 Å². The lowest BCUT2D eigenvalue weighted by molar-refractivity contribution is 0.566. The maximum atomic E-state index is 5.91. The number of aromatic nitrogens is 2. The summed E-state index contributed by atoms with van der Waals surface area (Å²) < 4.78 is 1.87. The van der Waals surface area contributed by atoms with Crippen LogP contribution in [0.3, 0.4) is 0 Å². The summed E-state index contributed by atoms with van der Waals surface area (Å²) >= 11 is 0. The van der Waals surface area contributed by atoms with E-state index >= 15 is 0 Å². The number of piperazine rings is 1. The molecule has 0 radical (unpaired) electrons. The van der Waals surface area contributed by atoms with E-state index in [0.29, 0.717) is 12.1 Å². The second kappa shape index (κ2) is 2.63. The maximum absolute atomic E-state index is 5.91. The van der Waals surface area contributed by atoms with Gasteiger partial charge in [0.25, 0.3) is 0 Å². The van der Waals surface area contributed by atoms with E-state index in [0.717, 1.165) is 24.6 Å². The Morgan fingerprint density at radius 2 is 2.50 bits per heavy atom. The van der Waals surface area contributed by atoms with Crippen LogP contribution in [0.4, 0.5) is 11.5 Å². The van der Waals surface area contributed by atoms with Crippen molar-refractivity contribution >= 4 is 11.5 Å². The van der Waals surface area contributed by atoms with E-state index in [2.05, 4.69) is 15.3 Å². The molecule has 0 spiro atoms. The van der Waals surface area contributed by atoms with Gasteiger partial charge in [-0.3, -0.25) is 4.68 Å². The van der Waals surface area contributed by atoms with E-state index in [-0.39, 0.29) is 0 Å². The molecule has 2 aliphatic heterocycles. The molecule has 2 bridgehead atoms. The predicted molar refractivity (Wildman–Crippen MR) is 55.2 cm³/mol. The fraction of sp³-hybridized carbons (Fsp3) is 0.667. The Kier molecular flexibility index (Phi) is 1.53. The van der Waals surface area contributed by atoms with Gasteiger partial charge in [-0.25, -0.2) is 0 Å². The Bertz CT molecular complexity index is 339. The Hall–Kier alpha value is -1.23. The van der Waals surface area contributed by atoms with Crippen LogP contribution in [0.15, 0.2) is 6.20 Å². The minimum absolute atomic E-state index is 0.609. The summed E-state index contributed by atoms with van der Waals surface area (Å²) in [5.74, 6) is 1.08. The lowest BCUT2D eigenvalue weighted by Crippen LogP contribution is -2.44. The molecule has 76 valence electrons. The van der Waals surface area contributed by atoms with Crippen LogP contribution in [0.1, 0.15) is 6.42 Å². The Balaban J connectivity index is 1.96. The smallest absolute Gasteiger partial charge is 0.150 e. The highest BCUT2D eigenvalue weighted by atomic mass is 15.4. The molecule has 3 N–H and O–H groups in total. The molecule has 2 fully saturated rings. The van der Waals surface area contributed by atoms with Crippen molar-refractivity contribution in [2.75, 3.05) is 23.7 Å². The minimum atomic E-state index is 0.609. The van der Waals surface area contributed by atoms with Gasteiger partial charge in [0, 0.05) is 32.2 Å². The van der Waals surface area contributed by atoms with Crippen LogP contribution in [0.5, 0.6) is 0 Å². The zero-order valence-corrected chi connectivity index (χ0v) is 8.27. The van der Waals surface area contributed by atoms with Gasteiger partial charge in [-0.1, -0.05) is 0 Å². The Morgan fingerprint density at radius 3 is 3.00 bits per heavy atom. The van der Waals surface area contributed by atoms with Crippen LogP contribution in [-0.2, 0) is 7.05 Å². The van der Waals surface area contributed by atoms with Crippen molar-refractivity contribution in [3.63, 3.8) is 0 Å². The van der Waals surface area contributed by atoms with Crippen LogP contribution < -0.4 is 16.0 Å². The van der Waals surface area contributed by atoms with Gasteiger partial charge in [-0.05, 0) is 6.42 Å². The molecule has 2 aliphatic rings. The first kappa shape index (κ1) is 8.11. The number of hydrogen-bond donors (Lipinski definition) is 2. The predicted octanol–water partition coefficient (Wildman–Crippen LogP) is -0.447. The zero-order valence-electron chi connectivity index (χ0n) is 8.27. The number of fused-ring (bicyclic) bond motifs is 2. The zero-order chi connectivity index (χ0) is 9.71. The molecular weight excluding hydrogens is 178 g/mol. The van der Waals surface area contributed by atoms with E-state index in [4.69, 9.17) is 5.73 Å². The molecule has 0 amide bonds. The molecule has 3 heterocycles. The van der Waals surface area contributed by atoms with Crippen molar-refractivity contribution in [3.8, 4) is 0 Å². The second-order valence-electron chi connectivity index (χ2n) is 4.19. The van der Waals surface area contributed by atoms with Gasteiger partial charge in [-0.2, -0.15) is 5.10 Å². The molecule has 0 aliphatic carbocycles. The normalized spacial score (nSPS) is 30.2. The van der Waals surface area contributed by atoms with Crippen LogP contribution in [0.25, 0.3) is 0 Å². The van der Waals surface area contributed by atoms with E-state index in [1.54, 1.807) is 6.20 Å². The number of rotatable bonds is 1. The first-order valence-electron chi connectivity index (χ1n) is 5.03. The molecule has 1 aromatic rings. The number of nitrogens with two attached hydrogens (primary N) is 1. The molecule has 2 saturated heterocycles. The number of nitrogen functional groups attached to an aromatic ring is 1. The molecule has 2 atom stereocenters. The van der Waals surface area contributed by atoms with E-state index in [1.165, 1.54) is 6.42 Å². The quantitative estimate of drug-likeness (QED) is 0.634. The Labute approximate surface area is 82.9 Å². The van der Waals surface area contributed by atoms with Gasteiger partial charge in [-0.15, -0.1) is 0 Å². The first-order valence-corrected chi connectivity index (χ1v) is 5.03. The molecule has 0 aromatic carbocycles. The van der Waals surface area contributed by atoms with E-state index < -0.39 is 0 Å². The summed E-state index contributed by atoms with van der Waals surface area (Å²) in [6.07, 6.45) is 2.97. The molecule has 5 heteroatoms. The summed E-state index contributed by atoms with van der Waals surface area (Å²) in [7, 11) is 1.95. The lowest BCUT2D eigenvalue weighted by atomic mass is 10.2. The van der Waals surface area contributed by atoms with Crippen LogP contribution >= 0.6 is 0 Å². The molecule has 1 aromatic heterocycles. The second-order valence-corrected chi connectivity index (χ2v) is 4.19. The van der Waals surface area contributed by atoms with E-state index in [1.807, 2.05) is 11.7 Å². The molecule has 0 unspecified atom stereocenters. The third-order valence-corrected chi connectivity index (χ3v) is 3.26. The lowest BCUT2D eigenvalue weighted by Gasteiger charge is -2.29. The average Bonchev–Trinajstić information content (AvgIpc) is 2.81.